The lowest BCUT2D eigenvalue weighted by Gasteiger charge is -2.26. The van der Waals surface area contributed by atoms with Crippen LogP contribution in [0.4, 0.5) is 0 Å². The molecule has 0 unspecified atom stereocenters. The number of ether oxygens (including phenoxy) is 4. The van der Waals surface area contributed by atoms with Gasteiger partial charge in [-0.25, -0.2) is 4.99 Å². The van der Waals surface area contributed by atoms with Gasteiger partial charge >= 0.3 is 0 Å². The van der Waals surface area contributed by atoms with E-state index in [9.17, 15) is 10.5 Å². The van der Waals surface area contributed by atoms with Crippen LogP contribution in [0.1, 0.15) is 11.5 Å². The summed E-state index contributed by atoms with van der Waals surface area (Å²) in [5, 5.41) is 20.0. The lowest BCUT2D eigenvalue weighted by molar-refractivity contribution is -0.184. The third-order valence-corrected chi connectivity index (χ3v) is 5.35. The van der Waals surface area contributed by atoms with Crippen molar-refractivity contribution in [1.82, 2.24) is 0 Å². The van der Waals surface area contributed by atoms with Crippen LogP contribution >= 0.6 is 0 Å². The van der Waals surface area contributed by atoms with Gasteiger partial charge in [0.1, 0.15) is 11.3 Å². The van der Waals surface area contributed by atoms with Crippen molar-refractivity contribution < 1.29 is 18.9 Å². The summed E-state index contributed by atoms with van der Waals surface area (Å²) in [6.45, 7) is 0.563. The summed E-state index contributed by atoms with van der Waals surface area (Å²) in [5.74, 6) is -1.15. The van der Waals surface area contributed by atoms with Gasteiger partial charge in [-0.3, -0.25) is 0 Å². The number of hydrogen-bond acceptors (Lipinski definition) is 8. The summed E-state index contributed by atoms with van der Waals surface area (Å²) in [6.07, 6.45) is 0. The van der Waals surface area contributed by atoms with Crippen molar-refractivity contribution in [3.05, 3.63) is 23.8 Å². The number of methoxy groups -OCH3 is 2. The normalized spacial score (nSPS) is 33.9. The molecule has 1 saturated carbocycles. The van der Waals surface area contributed by atoms with E-state index in [2.05, 4.69) is 17.1 Å². The summed E-state index contributed by atoms with van der Waals surface area (Å²) in [5.41, 5.74) is 4.06. The SMILES string of the molecule is COc1cccc([C@H]2[C@]3(C#N)C(N)=NC4(OCCO4)[C@]23C#N)c1OC. The molecule has 3 atom stereocenters. The quantitative estimate of drug-likeness (QED) is 0.866. The minimum Gasteiger partial charge on any atom is -0.493 e. The third kappa shape index (κ3) is 1.46. The van der Waals surface area contributed by atoms with Gasteiger partial charge in [-0.1, -0.05) is 12.1 Å². The number of hydrogen-bond donors (Lipinski definition) is 1. The van der Waals surface area contributed by atoms with Crippen LogP contribution < -0.4 is 15.2 Å². The van der Waals surface area contributed by atoms with E-state index in [1.165, 1.54) is 14.2 Å². The number of amidine groups is 1. The molecule has 1 spiro atoms. The molecule has 128 valence electrons. The Morgan fingerprint density at radius 3 is 2.48 bits per heavy atom. The van der Waals surface area contributed by atoms with E-state index in [4.69, 9.17) is 24.7 Å². The summed E-state index contributed by atoms with van der Waals surface area (Å²) in [4.78, 5) is 4.24. The molecule has 1 aliphatic carbocycles. The van der Waals surface area contributed by atoms with Crippen LogP contribution in [0.15, 0.2) is 23.2 Å². The number of rotatable bonds is 3. The highest BCUT2D eigenvalue weighted by atomic mass is 16.8. The van der Waals surface area contributed by atoms with E-state index < -0.39 is 22.7 Å². The highest BCUT2D eigenvalue weighted by Crippen LogP contribution is 2.83. The van der Waals surface area contributed by atoms with Crippen LogP contribution in [-0.4, -0.2) is 39.2 Å². The Balaban J connectivity index is 1.96. The monoisotopic (exact) mass is 340 g/mol. The molecule has 3 aliphatic rings. The van der Waals surface area contributed by atoms with Crippen LogP contribution in [-0.2, 0) is 9.47 Å². The van der Waals surface area contributed by atoms with Crippen LogP contribution in [0.3, 0.4) is 0 Å². The van der Waals surface area contributed by atoms with Crippen molar-refractivity contribution in [3.63, 3.8) is 0 Å². The van der Waals surface area contributed by atoms with E-state index in [1.54, 1.807) is 18.2 Å². The molecule has 1 aromatic carbocycles. The predicted molar refractivity (Wildman–Crippen MR) is 84.6 cm³/mol. The van der Waals surface area contributed by atoms with Crippen molar-refractivity contribution in [1.29, 1.82) is 10.5 Å². The molecule has 2 heterocycles. The van der Waals surface area contributed by atoms with Crippen LogP contribution in [0.5, 0.6) is 11.5 Å². The smallest absolute Gasteiger partial charge is 0.293 e. The number of fused-ring (bicyclic) bond motifs is 2. The number of para-hydroxylation sites is 1. The summed E-state index contributed by atoms with van der Waals surface area (Å²) >= 11 is 0. The molecule has 0 amide bonds. The largest absolute Gasteiger partial charge is 0.493 e. The first-order chi connectivity index (χ1) is 12.1. The maximum atomic E-state index is 10.1. The highest BCUT2D eigenvalue weighted by Gasteiger charge is 2.94. The minimum absolute atomic E-state index is 0.0494. The molecular formula is C17H16N4O4. The van der Waals surface area contributed by atoms with Crippen LogP contribution in [0.2, 0.25) is 0 Å². The molecule has 4 rings (SSSR count). The van der Waals surface area contributed by atoms with Gasteiger partial charge in [0.05, 0.1) is 39.6 Å². The second-order valence-corrected chi connectivity index (χ2v) is 6.13. The second kappa shape index (κ2) is 4.85. The lowest BCUT2D eigenvalue weighted by atomic mass is 9.93. The molecule has 0 bridgehead atoms. The number of nitriles is 2. The Labute approximate surface area is 144 Å². The lowest BCUT2D eigenvalue weighted by Crippen LogP contribution is -2.38. The maximum absolute atomic E-state index is 10.1. The molecule has 8 heteroatoms. The Kier molecular flexibility index (Phi) is 3.05. The summed E-state index contributed by atoms with van der Waals surface area (Å²) in [6, 6.07) is 9.76. The zero-order chi connectivity index (χ0) is 17.9. The first-order valence-corrected chi connectivity index (χ1v) is 7.75. The Hall–Kier alpha value is -2.81. The Bertz CT molecular complexity index is 864. The van der Waals surface area contributed by atoms with Gasteiger partial charge in [0.15, 0.2) is 16.9 Å². The molecule has 8 nitrogen and oxygen atoms in total. The molecule has 25 heavy (non-hydrogen) atoms. The van der Waals surface area contributed by atoms with Crippen molar-refractivity contribution >= 4 is 5.84 Å². The number of nitrogens with zero attached hydrogens (tertiary/aromatic N) is 3. The number of nitrogens with two attached hydrogens (primary N) is 1. The van der Waals surface area contributed by atoms with Gasteiger partial charge in [-0.2, -0.15) is 10.5 Å². The fourth-order valence-corrected chi connectivity index (χ4v) is 4.32. The molecule has 2 aliphatic heterocycles. The van der Waals surface area contributed by atoms with E-state index in [0.717, 1.165) is 0 Å². The number of aliphatic imine (C=N–C) groups is 1. The molecule has 2 N–H and O–H groups in total. The zero-order valence-corrected chi connectivity index (χ0v) is 13.8. The molecule has 1 saturated heterocycles. The third-order valence-electron chi connectivity index (χ3n) is 5.35. The second-order valence-electron chi connectivity index (χ2n) is 6.13. The van der Waals surface area contributed by atoms with Crippen molar-refractivity contribution in [2.24, 2.45) is 21.6 Å². The fraction of sp³-hybridized carbons (Fsp3) is 0.471. The van der Waals surface area contributed by atoms with Gasteiger partial charge in [0.2, 0.25) is 0 Å². The standard InChI is InChI=1S/C17H16N4O4/c1-22-11-5-3-4-10(12(11)23-2)13-15(8-18)14(20)21-17(16(13,15)9-19)24-6-7-25-17/h3-5,13H,6-7H2,1-2H3,(H2,20,21)/t13-,15+,16+/m0/s1. The van der Waals surface area contributed by atoms with Gasteiger partial charge in [-0.05, 0) is 6.07 Å². The summed E-state index contributed by atoms with van der Waals surface area (Å²) in [7, 11) is 3.03. The zero-order valence-electron chi connectivity index (χ0n) is 13.8. The highest BCUT2D eigenvalue weighted by molar-refractivity contribution is 6.00. The van der Waals surface area contributed by atoms with E-state index in [1.807, 2.05) is 0 Å². The molecular weight excluding hydrogens is 324 g/mol. The van der Waals surface area contributed by atoms with Crippen LogP contribution in [0.25, 0.3) is 0 Å². The van der Waals surface area contributed by atoms with E-state index in [-0.39, 0.29) is 19.0 Å². The average Bonchev–Trinajstić information content (AvgIpc) is 2.88. The molecule has 2 fully saturated rings. The van der Waals surface area contributed by atoms with E-state index in [0.29, 0.717) is 17.1 Å². The van der Waals surface area contributed by atoms with Gasteiger partial charge in [-0.15, -0.1) is 0 Å². The van der Waals surface area contributed by atoms with Crippen molar-refractivity contribution in [2.45, 2.75) is 11.8 Å². The Morgan fingerprint density at radius 1 is 1.20 bits per heavy atom. The Morgan fingerprint density at radius 2 is 1.92 bits per heavy atom. The maximum Gasteiger partial charge on any atom is 0.293 e. The first-order valence-electron chi connectivity index (χ1n) is 7.75. The first kappa shape index (κ1) is 15.7. The molecule has 0 aromatic heterocycles. The fourth-order valence-electron chi connectivity index (χ4n) is 4.32. The summed E-state index contributed by atoms with van der Waals surface area (Å²) < 4.78 is 22.2. The van der Waals surface area contributed by atoms with Gasteiger partial charge in [0, 0.05) is 11.5 Å². The van der Waals surface area contributed by atoms with Crippen molar-refractivity contribution in [3.8, 4) is 23.6 Å². The van der Waals surface area contributed by atoms with Crippen LogP contribution in [0, 0.1) is 33.5 Å². The van der Waals surface area contributed by atoms with Gasteiger partial charge < -0.3 is 24.7 Å². The molecule has 0 radical (unpaired) electrons. The minimum atomic E-state index is -1.56. The topological polar surface area (TPSA) is 123 Å². The average molecular weight is 340 g/mol. The van der Waals surface area contributed by atoms with Crippen molar-refractivity contribution in [2.75, 3.05) is 27.4 Å². The number of benzene rings is 1. The predicted octanol–water partition coefficient (Wildman–Crippen LogP) is 0.892. The molecule has 1 aromatic rings. The van der Waals surface area contributed by atoms with Gasteiger partial charge in [0.25, 0.3) is 5.91 Å². The van der Waals surface area contributed by atoms with E-state index >= 15 is 0 Å².